The highest BCUT2D eigenvalue weighted by Gasteiger charge is 2.43. The van der Waals surface area contributed by atoms with Crippen LogP contribution in [-0.4, -0.2) is 52.7 Å². The second kappa shape index (κ2) is 12.6. The van der Waals surface area contributed by atoms with E-state index >= 15 is 0 Å². The third-order valence-electron chi connectivity index (χ3n) is 8.04. The molecule has 1 saturated heterocycles. The van der Waals surface area contributed by atoms with Crippen LogP contribution in [0.5, 0.6) is 5.75 Å². The number of nitrogens with two attached hydrogens (primary N) is 1. The first-order chi connectivity index (χ1) is 20.2. The lowest BCUT2D eigenvalue weighted by molar-refractivity contribution is -0.125. The fraction of sp³-hybridized carbons (Fsp3) is 0.273. The third kappa shape index (κ3) is 5.77. The zero-order chi connectivity index (χ0) is 29.9. The van der Waals surface area contributed by atoms with Crippen LogP contribution in [0.4, 0.5) is 0 Å². The Bertz CT molecular complexity index is 1570. The van der Waals surface area contributed by atoms with Gasteiger partial charge in [0.05, 0.1) is 12.0 Å². The minimum atomic E-state index is -0.868. The molecule has 2 amide bonds. The number of amides is 2. The second-order valence-electron chi connectivity index (χ2n) is 10.6. The molecular weight excluding hydrogens is 573 g/mol. The Hall–Kier alpha value is -3.78. The van der Waals surface area contributed by atoms with Crippen molar-refractivity contribution in [1.29, 1.82) is 0 Å². The van der Waals surface area contributed by atoms with Gasteiger partial charge in [0.2, 0.25) is 5.91 Å². The molecule has 7 nitrogen and oxygen atoms in total. The maximum absolute atomic E-state index is 14.2. The summed E-state index contributed by atoms with van der Waals surface area (Å²) in [7, 11) is 1.86. The smallest absolute Gasteiger partial charge is 0.271 e. The normalized spacial score (nSPS) is 14.5. The van der Waals surface area contributed by atoms with Gasteiger partial charge >= 0.3 is 0 Å². The lowest BCUT2D eigenvalue weighted by Crippen LogP contribution is -2.51. The second-order valence-corrected chi connectivity index (χ2v) is 11.4. The molecule has 1 aliphatic rings. The van der Waals surface area contributed by atoms with Gasteiger partial charge in [0.25, 0.3) is 5.91 Å². The van der Waals surface area contributed by atoms with Gasteiger partial charge in [-0.25, -0.2) is 0 Å². The third-order valence-corrected chi connectivity index (χ3v) is 8.62. The van der Waals surface area contributed by atoms with Gasteiger partial charge in [-0.05, 0) is 54.3 Å². The Kier molecular flexibility index (Phi) is 8.92. The van der Waals surface area contributed by atoms with Gasteiger partial charge in [-0.15, -0.1) is 0 Å². The van der Waals surface area contributed by atoms with Crippen LogP contribution in [0.15, 0.2) is 79.0 Å². The number of nitrogens with zero attached hydrogens (tertiary/aromatic N) is 2. The number of hydrogen-bond acceptors (Lipinski definition) is 4. The number of primary amides is 1. The summed E-state index contributed by atoms with van der Waals surface area (Å²) in [6, 6.07) is 22.3. The number of aliphatic hydroxyl groups excluding tert-OH is 1. The lowest BCUT2D eigenvalue weighted by Gasteiger charge is -2.40. The standard InChI is InChI=1S/C33H33Cl2N3O4/c1-37-21-27(26-5-2-3-6-28(26)35)29(22-7-13-25(14-8-22)42-20-4-19-39)30(37)31(40)38-17-15-33(16-18-38,32(36)41)23-9-11-24(34)12-10-23/h2-3,5-14,21,39H,4,15-20H2,1H3,(H2,36,41). The Morgan fingerprint density at radius 2 is 1.62 bits per heavy atom. The number of aromatic nitrogens is 1. The van der Waals surface area contributed by atoms with Crippen molar-refractivity contribution in [1.82, 2.24) is 9.47 Å². The highest BCUT2D eigenvalue weighted by Crippen LogP contribution is 2.42. The van der Waals surface area contributed by atoms with Gasteiger partial charge in [-0.1, -0.05) is 65.7 Å². The molecule has 4 aromatic rings. The monoisotopic (exact) mass is 605 g/mol. The Morgan fingerprint density at radius 3 is 2.24 bits per heavy atom. The molecule has 0 unspecified atom stereocenters. The molecule has 1 aliphatic heterocycles. The molecule has 0 atom stereocenters. The van der Waals surface area contributed by atoms with E-state index in [4.69, 9.17) is 38.8 Å². The zero-order valence-electron chi connectivity index (χ0n) is 23.4. The van der Waals surface area contributed by atoms with E-state index < -0.39 is 11.3 Å². The largest absolute Gasteiger partial charge is 0.494 e. The summed E-state index contributed by atoms with van der Waals surface area (Å²) in [6.07, 6.45) is 3.29. The van der Waals surface area contributed by atoms with Crippen LogP contribution in [-0.2, 0) is 17.3 Å². The van der Waals surface area contributed by atoms with E-state index in [2.05, 4.69) is 0 Å². The van der Waals surface area contributed by atoms with Crippen LogP contribution in [0.1, 0.15) is 35.3 Å². The van der Waals surface area contributed by atoms with E-state index in [1.807, 2.05) is 78.5 Å². The molecule has 3 N–H and O–H groups in total. The van der Waals surface area contributed by atoms with Gasteiger partial charge in [0, 0.05) is 66.1 Å². The molecule has 0 aliphatic carbocycles. The molecule has 0 saturated carbocycles. The van der Waals surface area contributed by atoms with Crippen molar-refractivity contribution in [3.05, 3.63) is 100 Å². The van der Waals surface area contributed by atoms with E-state index in [-0.39, 0.29) is 12.5 Å². The number of carbonyl (C=O) groups excluding carboxylic acids is 2. The van der Waals surface area contributed by atoms with Crippen molar-refractivity contribution >= 4 is 35.0 Å². The van der Waals surface area contributed by atoms with Crippen LogP contribution in [0.2, 0.25) is 10.0 Å². The Balaban J connectivity index is 1.50. The summed E-state index contributed by atoms with van der Waals surface area (Å²) < 4.78 is 7.57. The van der Waals surface area contributed by atoms with Crippen molar-refractivity contribution in [3.63, 3.8) is 0 Å². The number of ether oxygens (including phenoxy) is 1. The molecule has 9 heteroatoms. The minimum Gasteiger partial charge on any atom is -0.494 e. The average molecular weight is 607 g/mol. The summed E-state index contributed by atoms with van der Waals surface area (Å²) in [4.78, 5) is 28.8. The van der Waals surface area contributed by atoms with Gasteiger partial charge in [-0.2, -0.15) is 0 Å². The molecule has 218 valence electrons. The predicted octanol–water partition coefficient (Wildman–Crippen LogP) is 6.09. The number of piperidine rings is 1. The number of benzene rings is 3. The van der Waals surface area contributed by atoms with Crippen LogP contribution in [0.25, 0.3) is 22.3 Å². The van der Waals surface area contributed by atoms with Crippen molar-refractivity contribution in [2.45, 2.75) is 24.7 Å². The minimum absolute atomic E-state index is 0.0610. The van der Waals surface area contributed by atoms with E-state index in [1.165, 1.54) is 0 Å². The Labute approximate surface area is 255 Å². The molecule has 1 aromatic heterocycles. The number of carbonyl (C=O) groups is 2. The van der Waals surface area contributed by atoms with Crippen LogP contribution in [0, 0.1) is 0 Å². The molecule has 0 bridgehead atoms. The predicted molar refractivity (Wildman–Crippen MR) is 166 cm³/mol. The average Bonchev–Trinajstić information content (AvgIpc) is 3.34. The van der Waals surface area contributed by atoms with Gasteiger partial charge in [-0.3, -0.25) is 9.59 Å². The molecule has 0 radical (unpaired) electrons. The van der Waals surface area contributed by atoms with E-state index in [1.54, 1.807) is 17.0 Å². The fourth-order valence-corrected chi connectivity index (χ4v) is 6.08. The number of likely N-dealkylation sites (tertiary alicyclic amines) is 1. The summed E-state index contributed by atoms with van der Waals surface area (Å²) in [5.41, 5.74) is 9.68. The van der Waals surface area contributed by atoms with Crippen molar-refractivity contribution in [3.8, 4) is 28.0 Å². The number of aliphatic hydroxyl groups is 1. The van der Waals surface area contributed by atoms with Crippen molar-refractivity contribution in [2.24, 2.45) is 12.8 Å². The number of aryl methyl sites for hydroxylation is 1. The quantitative estimate of drug-likeness (QED) is 0.226. The van der Waals surface area contributed by atoms with Gasteiger partial charge in [0.15, 0.2) is 0 Å². The SMILES string of the molecule is Cn1cc(-c2ccccc2Cl)c(-c2ccc(OCCCO)cc2)c1C(=O)N1CCC(C(N)=O)(c2ccc(Cl)cc2)CC1. The van der Waals surface area contributed by atoms with E-state index in [9.17, 15) is 9.59 Å². The summed E-state index contributed by atoms with van der Waals surface area (Å²) in [5, 5.41) is 10.2. The molecule has 0 spiro atoms. The molecule has 3 aromatic carbocycles. The number of halogens is 2. The molecule has 1 fully saturated rings. The van der Waals surface area contributed by atoms with Crippen LogP contribution >= 0.6 is 23.2 Å². The van der Waals surface area contributed by atoms with Gasteiger partial charge in [0.1, 0.15) is 11.4 Å². The van der Waals surface area contributed by atoms with Crippen molar-refractivity contribution in [2.75, 3.05) is 26.3 Å². The van der Waals surface area contributed by atoms with Gasteiger partial charge < -0.3 is 25.0 Å². The Morgan fingerprint density at radius 1 is 0.952 bits per heavy atom. The maximum atomic E-state index is 14.2. The van der Waals surface area contributed by atoms with Crippen LogP contribution < -0.4 is 10.5 Å². The lowest BCUT2D eigenvalue weighted by atomic mass is 9.72. The maximum Gasteiger partial charge on any atom is 0.271 e. The topological polar surface area (TPSA) is 97.8 Å². The fourth-order valence-electron chi connectivity index (χ4n) is 5.72. The first-order valence-electron chi connectivity index (χ1n) is 13.9. The molecular formula is C33H33Cl2N3O4. The van der Waals surface area contributed by atoms with E-state index in [0.29, 0.717) is 60.4 Å². The highest BCUT2D eigenvalue weighted by molar-refractivity contribution is 6.33. The van der Waals surface area contributed by atoms with Crippen LogP contribution in [0.3, 0.4) is 0 Å². The summed E-state index contributed by atoms with van der Waals surface area (Å²) in [6.45, 7) is 1.21. The number of hydrogen-bond donors (Lipinski definition) is 2. The summed E-state index contributed by atoms with van der Waals surface area (Å²) >= 11 is 12.7. The first-order valence-corrected chi connectivity index (χ1v) is 14.6. The molecule has 5 rings (SSSR count). The van der Waals surface area contributed by atoms with Crippen molar-refractivity contribution < 1.29 is 19.4 Å². The van der Waals surface area contributed by atoms with E-state index in [0.717, 1.165) is 27.8 Å². The summed E-state index contributed by atoms with van der Waals surface area (Å²) in [5.74, 6) is 0.137. The first kappa shape index (κ1) is 29.7. The highest BCUT2D eigenvalue weighted by atomic mass is 35.5. The number of rotatable bonds is 9. The zero-order valence-corrected chi connectivity index (χ0v) is 24.9. The molecule has 42 heavy (non-hydrogen) atoms. The molecule has 2 heterocycles.